The lowest BCUT2D eigenvalue weighted by atomic mass is 10.2. The summed E-state index contributed by atoms with van der Waals surface area (Å²) >= 11 is 8.66. The van der Waals surface area contributed by atoms with Crippen molar-refractivity contribution < 1.29 is 18.7 Å². The molecule has 0 aliphatic rings. The van der Waals surface area contributed by atoms with Crippen LogP contribution in [0.1, 0.15) is 28.2 Å². The molecule has 1 heterocycles. The molecule has 3 nitrogen and oxygen atoms in total. The Morgan fingerprint density at radius 1 is 1.67 bits per heavy atom. The Bertz CT molecular complexity index is 400. The van der Waals surface area contributed by atoms with E-state index in [0.717, 1.165) is 6.07 Å². The Hall–Kier alpha value is -0.750. The average molecular weight is 300 g/mol. The highest BCUT2D eigenvalue weighted by Crippen LogP contribution is 2.27. The number of rotatable bonds is 3. The highest BCUT2D eigenvalue weighted by Gasteiger charge is 2.21. The minimum absolute atomic E-state index is 0.0205. The lowest BCUT2D eigenvalue weighted by molar-refractivity contribution is 0.0677. The minimum atomic E-state index is -2.91. The fourth-order valence-electron chi connectivity index (χ4n) is 0.972. The summed E-state index contributed by atoms with van der Waals surface area (Å²) in [5, 5.41) is 8.90. The van der Waals surface area contributed by atoms with Crippen LogP contribution in [-0.4, -0.2) is 16.1 Å². The fraction of sp³-hybridized carbons (Fsp3) is 0.250. The third-order valence-electron chi connectivity index (χ3n) is 1.64. The van der Waals surface area contributed by atoms with Gasteiger partial charge in [0.2, 0.25) is 0 Å². The van der Waals surface area contributed by atoms with Crippen molar-refractivity contribution in [3.05, 3.63) is 28.0 Å². The third-order valence-corrected chi connectivity index (χ3v) is 2.50. The van der Waals surface area contributed by atoms with Gasteiger partial charge < -0.3 is 5.11 Å². The number of hydrogen-bond donors (Lipinski definition) is 1. The van der Waals surface area contributed by atoms with E-state index >= 15 is 0 Å². The molecule has 1 rings (SSSR count). The highest BCUT2D eigenvalue weighted by atomic mass is 79.9. The first kappa shape index (κ1) is 12.3. The lowest BCUT2D eigenvalue weighted by Crippen LogP contribution is -2.08. The SMILES string of the molecule is O=C(O)c1nc(CBr)c(Cl)cc1C(F)F. The van der Waals surface area contributed by atoms with Crippen LogP contribution >= 0.6 is 27.5 Å². The molecule has 0 atom stereocenters. The second kappa shape index (κ2) is 4.85. The van der Waals surface area contributed by atoms with Crippen molar-refractivity contribution in [3.8, 4) is 0 Å². The Labute approximate surface area is 97.2 Å². The molecule has 0 aromatic carbocycles. The van der Waals surface area contributed by atoms with Crippen molar-refractivity contribution in [1.82, 2.24) is 4.98 Å². The molecule has 1 aromatic rings. The number of aromatic carboxylic acids is 1. The second-order valence-corrected chi connectivity index (χ2v) is 3.56. The van der Waals surface area contributed by atoms with Gasteiger partial charge in [-0.1, -0.05) is 27.5 Å². The van der Waals surface area contributed by atoms with Crippen LogP contribution in [0.3, 0.4) is 0 Å². The molecule has 0 unspecified atom stereocenters. The van der Waals surface area contributed by atoms with Crippen LogP contribution in [0.5, 0.6) is 0 Å². The maximum absolute atomic E-state index is 12.4. The standard InChI is InChI=1S/C8H5BrClF2NO2/c9-2-5-4(10)1-3(7(11)12)6(13-5)8(14)15/h1,7H,2H2,(H,14,15). The van der Waals surface area contributed by atoms with Gasteiger partial charge in [0.05, 0.1) is 16.3 Å². The number of halogens is 4. The number of carbonyl (C=O) groups is 1. The topological polar surface area (TPSA) is 50.2 Å². The molecule has 1 aromatic heterocycles. The Balaban J connectivity index is 3.39. The van der Waals surface area contributed by atoms with E-state index in [1.165, 1.54) is 0 Å². The van der Waals surface area contributed by atoms with Crippen molar-refractivity contribution in [1.29, 1.82) is 0 Å². The van der Waals surface area contributed by atoms with E-state index in [0.29, 0.717) is 0 Å². The first-order valence-electron chi connectivity index (χ1n) is 3.74. The maximum atomic E-state index is 12.4. The van der Waals surface area contributed by atoms with Crippen LogP contribution in [0.4, 0.5) is 8.78 Å². The molecule has 0 saturated heterocycles. The smallest absolute Gasteiger partial charge is 0.355 e. The Morgan fingerprint density at radius 2 is 2.27 bits per heavy atom. The molecule has 15 heavy (non-hydrogen) atoms. The summed E-state index contributed by atoms with van der Waals surface area (Å²) in [4.78, 5) is 14.2. The molecule has 0 aliphatic carbocycles. The van der Waals surface area contributed by atoms with Gasteiger partial charge in [-0.15, -0.1) is 0 Å². The second-order valence-electron chi connectivity index (χ2n) is 2.59. The predicted octanol–water partition coefficient (Wildman–Crippen LogP) is 3.27. The van der Waals surface area contributed by atoms with E-state index in [9.17, 15) is 13.6 Å². The molecule has 0 amide bonds. The van der Waals surface area contributed by atoms with E-state index in [4.69, 9.17) is 16.7 Å². The molecule has 82 valence electrons. The normalized spacial score (nSPS) is 10.7. The molecule has 0 radical (unpaired) electrons. The molecule has 0 saturated carbocycles. The van der Waals surface area contributed by atoms with Crippen molar-refractivity contribution in [3.63, 3.8) is 0 Å². The fourth-order valence-corrected chi connectivity index (χ4v) is 1.79. The number of pyridine rings is 1. The molecule has 0 spiro atoms. The zero-order valence-electron chi connectivity index (χ0n) is 7.18. The number of hydrogen-bond acceptors (Lipinski definition) is 2. The van der Waals surface area contributed by atoms with E-state index in [1.807, 2.05) is 0 Å². The Morgan fingerprint density at radius 3 is 2.67 bits per heavy atom. The number of nitrogens with zero attached hydrogens (tertiary/aromatic N) is 1. The van der Waals surface area contributed by atoms with Gasteiger partial charge >= 0.3 is 5.97 Å². The predicted molar refractivity (Wildman–Crippen MR) is 53.8 cm³/mol. The summed E-state index contributed by atoms with van der Waals surface area (Å²) in [6, 6.07) is 0.930. The first-order chi connectivity index (χ1) is 6.97. The quantitative estimate of drug-likeness (QED) is 0.872. The zero-order chi connectivity index (χ0) is 11.6. The highest BCUT2D eigenvalue weighted by molar-refractivity contribution is 9.08. The molecule has 1 N–H and O–H groups in total. The molecular weight excluding hydrogens is 295 g/mol. The number of carboxylic acids is 1. The zero-order valence-corrected chi connectivity index (χ0v) is 9.52. The molecular formula is C8H5BrClF2NO2. The largest absolute Gasteiger partial charge is 0.476 e. The first-order valence-corrected chi connectivity index (χ1v) is 5.24. The van der Waals surface area contributed by atoms with Gasteiger partial charge in [-0.3, -0.25) is 0 Å². The average Bonchev–Trinajstić information content (AvgIpc) is 2.16. The summed E-state index contributed by atoms with van der Waals surface area (Å²) in [5.41, 5.74) is -1.11. The summed E-state index contributed by atoms with van der Waals surface area (Å²) < 4.78 is 24.9. The van der Waals surface area contributed by atoms with Crippen molar-refractivity contribution in [2.75, 3.05) is 0 Å². The summed E-state index contributed by atoms with van der Waals surface area (Å²) in [7, 11) is 0. The Kier molecular flexibility index (Phi) is 3.98. The van der Waals surface area contributed by atoms with E-state index in [1.54, 1.807) is 0 Å². The van der Waals surface area contributed by atoms with E-state index in [2.05, 4.69) is 20.9 Å². The van der Waals surface area contributed by atoms with E-state index in [-0.39, 0.29) is 16.0 Å². The molecule has 0 bridgehead atoms. The van der Waals surface area contributed by atoms with Crippen LogP contribution in [0, 0.1) is 0 Å². The van der Waals surface area contributed by atoms with Gasteiger partial charge in [0.25, 0.3) is 6.43 Å². The third kappa shape index (κ3) is 2.63. The van der Waals surface area contributed by atoms with Crippen molar-refractivity contribution in [2.45, 2.75) is 11.8 Å². The molecule has 0 fully saturated rings. The van der Waals surface area contributed by atoms with Gasteiger partial charge in [0.1, 0.15) is 0 Å². The van der Waals surface area contributed by atoms with Gasteiger partial charge in [-0.2, -0.15) is 0 Å². The van der Waals surface area contributed by atoms with Crippen LogP contribution in [0.15, 0.2) is 6.07 Å². The monoisotopic (exact) mass is 299 g/mol. The molecule has 0 aliphatic heterocycles. The van der Waals surface area contributed by atoms with Crippen molar-refractivity contribution in [2.24, 2.45) is 0 Å². The molecule has 7 heteroatoms. The summed E-state index contributed by atoms with van der Waals surface area (Å²) in [6.45, 7) is 0. The van der Waals surface area contributed by atoms with Crippen molar-refractivity contribution >= 4 is 33.5 Å². The number of alkyl halides is 3. The number of aromatic nitrogens is 1. The van der Waals surface area contributed by atoms with Gasteiger partial charge in [-0.05, 0) is 6.07 Å². The number of carboxylic acid groups (broad SMARTS) is 1. The van der Waals surface area contributed by atoms with Crippen LogP contribution in [0.25, 0.3) is 0 Å². The summed E-state index contributed by atoms with van der Waals surface area (Å²) in [6.07, 6.45) is -2.91. The van der Waals surface area contributed by atoms with Gasteiger partial charge in [-0.25, -0.2) is 18.6 Å². The minimum Gasteiger partial charge on any atom is -0.476 e. The van der Waals surface area contributed by atoms with Crippen LogP contribution < -0.4 is 0 Å². The van der Waals surface area contributed by atoms with Crippen LogP contribution in [-0.2, 0) is 5.33 Å². The van der Waals surface area contributed by atoms with Gasteiger partial charge in [0, 0.05) is 5.33 Å². The lowest BCUT2D eigenvalue weighted by Gasteiger charge is -2.07. The maximum Gasteiger partial charge on any atom is 0.355 e. The van der Waals surface area contributed by atoms with Crippen LogP contribution in [0.2, 0.25) is 5.02 Å². The van der Waals surface area contributed by atoms with Gasteiger partial charge in [0.15, 0.2) is 5.69 Å². The summed E-state index contributed by atoms with van der Waals surface area (Å²) in [5.74, 6) is -1.50. The van der Waals surface area contributed by atoms with E-state index < -0.39 is 23.7 Å².